The van der Waals surface area contributed by atoms with Gasteiger partial charge >= 0.3 is 0 Å². The molecule has 2 N–H and O–H groups in total. The van der Waals surface area contributed by atoms with Gasteiger partial charge in [0.25, 0.3) is 0 Å². The first-order valence-electron chi connectivity index (χ1n) is 11.0. The Morgan fingerprint density at radius 3 is 2.40 bits per heavy atom. The fourth-order valence-electron chi connectivity index (χ4n) is 5.17. The molecule has 4 aliphatic rings. The van der Waals surface area contributed by atoms with Gasteiger partial charge in [-0.05, 0) is 32.1 Å². The average molecular weight is 531 g/mol. The van der Waals surface area contributed by atoms with Crippen molar-refractivity contribution >= 4 is 41.8 Å². The number of halogens is 1. The number of ether oxygens (including phenoxy) is 1. The summed E-state index contributed by atoms with van der Waals surface area (Å²) in [5.74, 6) is 1.05. The first-order chi connectivity index (χ1) is 14.1. The van der Waals surface area contributed by atoms with Gasteiger partial charge in [0, 0.05) is 38.8 Å². The molecule has 1 saturated carbocycles. The van der Waals surface area contributed by atoms with E-state index >= 15 is 0 Å². The molecule has 30 heavy (non-hydrogen) atoms. The summed E-state index contributed by atoms with van der Waals surface area (Å²) in [5.41, 5.74) is 0. The summed E-state index contributed by atoms with van der Waals surface area (Å²) in [7, 11) is 0. The van der Waals surface area contributed by atoms with Gasteiger partial charge in [-0.1, -0.05) is 12.2 Å². The van der Waals surface area contributed by atoms with Gasteiger partial charge in [0.15, 0.2) is 5.96 Å². The number of allylic oxidation sites excluding steroid dienone is 2. The van der Waals surface area contributed by atoms with Crippen LogP contribution in [0.4, 0.5) is 0 Å². The molecule has 5 unspecified atom stereocenters. The third-order valence-electron chi connectivity index (χ3n) is 6.72. The van der Waals surface area contributed by atoms with Gasteiger partial charge < -0.3 is 15.4 Å². The predicted molar refractivity (Wildman–Crippen MR) is 126 cm³/mol. The van der Waals surface area contributed by atoms with Crippen molar-refractivity contribution < 1.29 is 14.3 Å². The molecular formula is C21H34IN5O3. The fourth-order valence-corrected chi connectivity index (χ4v) is 5.17. The number of carbonyl (C=O) groups excluding carboxylic acids is 2. The zero-order valence-electron chi connectivity index (χ0n) is 17.9. The van der Waals surface area contributed by atoms with Crippen LogP contribution >= 0.6 is 24.0 Å². The molecule has 8 nitrogen and oxygen atoms in total. The summed E-state index contributed by atoms with van der Waals surface area (Å²) in [4.78, 5) is 34.1. The Hall–Kier alpha value is -1.20. The fraction of sp³-hybridized carbons (Fsp3) is 0.762. The molecular weight excluding hydrogens is 497 g/mol. The van der Waals surface area contributed by atoms with E-state index < -0.39 is 0 Å². The van der Waals surface area contributed by atoms with Crippen molar-refractivity contribution in [2.24, 2.45) is 28.7 Å². The molecule has 0 aromatic rings. The normalized spacial score (nSPS) is 31.7. The Kier molecular flexibility index (Phi) is 8.14. The van der Waals surface area contributed by atoms with Crippen LogP contribution in [0.5, 0.6) is 0 Å². The quantitative estimate of drug-likeness (QED) is 0.165. The summed E-state index contributed by atoms with van der Waals surface area (Å²) < 4.78 is 5.41. The highest BCUT2D eigenvalue weighted by molar-refractivity contribution is 14.0. The molecule has 168 valence electrons. The molecule has 0 aromatic carbocycles. The summed E-state index contributed by atoms with van der Waals surface area (Å²) in [5, 5.41) is 6.53. The Balaban J connectivity index is 0.00000256. The SMILES string of the molecule is CCNC(=NCC(C)N1CCOCC1)NCCN1C(=O)C2C3C=CC(C3)C2C1=O.I. The number of rotatable bonds is 7. The number of fused-ring (bicyclic) bond motifs is 5. The van der Waals surface area contributed by atoms with Gasteiger partial charge in [-0.25, -0.2) is 0 Å². The van der Waals surface area contributed by atoms with Crippen LogP contribution in [0.3, 0.4) is 0 Å². The van der Waals surface area contributed by atoms with Gasteiger partial charge in [-0.15, -0.1) is 24.0 Å². The largest absolute Gasteiger partial charge is 0.379 e. The van der Waals surface area contributed by atoms with Crippen molar-refractivity contribution in [2.45, 2.75) is 26.3 Å². The maximum absolute atomic E-state index is 12.8. The molecule has 2 aliphatic carbocycles. The van der Waals surface area contributed by atoms with E-state index in [1.165, 1.54) is 4.90 Å². The second kappa shape index (κ2) is 10.4. The molecule has 9 heteroatoms. The van der Waals surface area contributed by atoms with E-state index in [0.29, 0.717) is 25.7 Å². The Labute approximate surface area is 195 Å². The van der Waals surface area contributed by atoms with Crippen LogP contribution in [0.2, 0.25) is 0 Å². The number of guanidine groups is 1. The standard InChI is InChI=1S/C21H33N5O3.HI/c1-3-22-21(24-13-14(2)25-8-10-29-11-9-25)23-6-7-26-19(27)17-15-4-5-16(12-15)18(17)20(26)28;/h4-5,14-18H,3,6-13H2,1-2H3,(H2,22,23,24);1H. The van der Waals surface area contributed by atoms with E-state index in [1.807, 2.05) is 6.92 Å². The smallest absolute Gasteiger partial charge is 0.233 e. The second-order valence-electron chi connectivity index (χ2n) is 8.47. The van der Waals surface area contributed by atoms with Crippen LogP contribution in [-0.4, -0.2) is 86.1 Å². The van der Waals surface area contributed by atoms with E-state index in [9.17, 15) is 9.59 Å². The molecule has 2 amide bonds. The van der Waals surface area contributed by atoms with E-state index in [-0.39, 0.29) is 59.5 Å². The van der Waals surface area contributed by atoms with E-state index in [4.69, 9.17) is 9.73 Å². The number of hydrogen-bond donors (Lipinski definition) is 2. The monoisotopic (exact) mass is 531 g/mol. The highest BCUT2D eigenvalue weighted by Crippen LogP contribution is 2.52. The van der Waals surface area contributed by atoms with Crippen molar-refractivity contribution in [2.75, 3.05) is 52.5 Å². The zero-order valence-corrected chi connectivity index (χ0v) is 20.2. The van der Waals surface area contributed by atoms with Crippen LogP contribution in [0.1, 0.15) is 20.3 Å². The maximum Gasteiger partial charge on any atom is 0.233 e. The summed E-state index contributed by atoms with van der Waals surface area (Å²) in [6.45, 7) is 10.0. The number of aliphatic imine (C=N–C) groups is 1. The van der Waals surface area contributed by atoms with Crippen molar-refractivity contribution in [3.63, 3.8) is 0 Å². The van der Waals surface area contributed by atoms with Crippen LogP contribution in [0, 0.1) is 23.7 Å². The zero-order chi connectivity index (χ0) is 20.4. The Morgan fingerprint density at radius 2 is 1.80 bits per heavy atom. The predicted octanol–water partition coefficient (Wildman–Crippen LogP) is 0.687. The average Bonchev–Trinajstić information content (AvgIpc) is 3.42. The van der Waals surface area contributed by atoms with Gasteiger partial charge in [-0.3, -0.25) is 24.4 Å². The van der Waals surface area contributed by atoms with Gasteiger partial charge in [0.05, 0.1) is 31.6 Å². The first kappa shape index (κ1) is 23.5. The Bertz CT molecular complexity index is 664. The van der Waals surface area contributed by atoms with E-state index in [2.05, 4.69) is 34.6 Å². The third kappa shape index (κ3) is 4.67. The van der Waals surface area contributed by atoms with Crippen LogP contribution < -0.4 is 10.6 Å². The first-order valence-corrected chi connectivity index (χ1v) is 11.0. The molecule has 3 fully saturated rings. The number of morpholine rings is 1. The van der Waals surface area contributed by atoms with Crippen molar-refractivity contribution in [1.29, 1.82) is 0 Å². The number of carbonyl (C=O) groups is 2. The molecule has 2 bridgehead atoms. The summed E-state index contributed by atoms with van der Waals surface area (Å²) in [6.07, 6.45) is 5.23. The lowest BCUT2D eigenvalue weighted by Gasteiger charge is -2.31. The van der Waals surface area contributed by atoms with Crippen LogP contribution in [0.15, 0.2) is 17.1 Å². The topological polar surface area (TPSA) is 86.3 Å². The van der Waals surface area contributed by atoms with Crippen molar-refractivity contribution in [3.8, 4) is 0 Å². The van der Waals surface area contributed by atoms with Crippen molar-refractivity contribution in [1.82, 2.24) is 20.4 Å². The number of nitrogens with zero attached hydrogens (tertiary/aromatic N) is 3. The molecule has 0 spiro atoms. The molecule has 2 aliphatic heterocycles. The molecule has 0 radical (unpaired) electrons. The summed E-state index contributed by atoms with van der Waals surface area (Å²) in [6, 6.07) is 0.346. The van der Waals surface area contributed by atoms with Gasteiger partial charge in [0.1, 0.15) is 0 Å². The van der Waals surface area contributed by atoms with Crippen LogP contribution in [-0.2, 0) is 14.3 Å². The minimum atomic E-state index is -0.117. The lowest BCUT2D eigenvalue weighted by atomic mass is 9.85. The molecule has 0 aromatic heterocycles. The third-order valence-corrected chi connectivity index (χ3v) is 6.72. The van der Waals surface area contributed by atoms with Gasteiger partial charge in [0.2, 0.25) is 11.8 Å². The van der Waals surface area contributed by atoms with E-state index in [1.54, 1.807) is 0 Å². The molecule has 4 rings (SSSR count). The minimum absolute atomic E-state index is 0. The number of imide groups is 1. The number of likely N-dealkylation sites (tertiary alicyclic amines) is 1. The lowest BCUT2D eigenvalue weighted by molar-refractivity contribution is -0.140. The highest BCUT2D eigenvalue weighted by Gasteiger charge is 2.58. The highest BCUT2D eigenvalue weighted by atomic mass is 127. The number of amides is 2. The minimum Gasteiger partial charge on any atom is -0.379 e. The van der Waals surface area contributed by atoms with E-state index in [0.717, 1.165) is 45.2 Å². The second-order valence-corrected chi connectivity index (χ2v) is 8.47. The maximum atomic E-state index is 12.8. The number of nitrogens with one attached hydrogen (secondary N) is 2. The van der Waals surface area contributed by atoms with Crippen LogP contribution in [0.25, 0.3) is 0 Å². The summed E-state index contributed by atoms with van der Waals surface area (Å²) >= 11 is 0. The molecule has 2 heterocycles. The Morgan fingerprint density at radius 1 is 1.17 bits per heavy atom. The van der Waals surface area contributed by atoms with Crippen molar-refractivity contribution in [3.05, 3.63) is 12.2 Å². The molecule has 5 atom stereocenters. The van der Waals surface area contributed by atoms with Gasteiger partial charge in [-0.2, -0.15) is 0 Å². The number of hydrogen-bond acceptors (Lipinski definition) is 5. The molecule has 2 saturated heterocycles. The lowest BCUT2D eigenvalue weighted by Crippen LogP contribution is -2.46.